The number of primary amides is 2. The number of nitrogens with two attached hydrogens (primary N) is 2. The van der Waals surface area contributed by atoms with E-state index in [1.165, 1.54) is 59.4 Å². The Bertz CT molecular complexity index is 5600. The first-order chi connectivity index (χ1) is 70.2. The molecule has 8 rings (SSSR count). The fourth-order valence-corrected chi connectivity index (χ4v) is 19.1. The molecule has 1 aliphatic carbocycles. The number of aromatic nitrogens is 2. The molecule has 2 aromatic heterocycles. The minimum atomic E-state index is -1.84. The molecule has 16 atom stereocenters. The van der Waals surface area contributed by atoms with Gasteiger partial charge in [0, 0.05) is 99.4 Å². The molecule has 19 N–H and O–H groups in total. The highest BCUT2D eigenvalue weighted by molar-refractivity contribution is 8.00. The van der Waals surface area contributed by atoms with Crippen molar-refractivity contribution in [2.75, 3.05) is 65.9 Å². The van der Waals surface area contributed by atoms with Crippen LogP contribution in [0.25, 0.3) is 21.8 Å². The van der Waals surface area contributed by atoms with Gasteiger partial charge in [0.05, 0.1) is 50.4 Å². The number of thioether (sulfide) groups is 1. The molecule has 46 heteroatoms. The van der Waals surface area contributed by atoms with E-state index in [1.807, 2.05) is 13.8 Å². The Morgan fingerprint density at radius 2 is 1.07 bits per heavy atom. The van der Waals surface area contributed by atoms with Gasteiger partial charge < -0.3 is 129 Å². The van der Waals surface area contributed by atoms with Crippen molar-refractivity contribution in [2.24, 2.45) is 35.1 Å². The number of aromatic hydroxyl groups is 1. The number of nitrogens with one attached hydrogen (secondary N) is 13. The van der Waals surface area contributed by atoms with Gasteiger partial charge >= 0.3 is 18.2 Å². The maximum absolute atomic E-state index is 16.3. The Balaban J connectivity index is 1.27. The number of ether oxygens (including phenoxy) is 3. The number of aliphatic hydroxyl groups excluding tert-OH is 1. The number of phenols is 1. The van der Waals surface area contributed by atoms with Crippen LogP contribution in [0, 0.1) is 23.7 Å². The number of carbonyl (C=O) groups excluding carboxylic acids is 20. The SMILES string of the molecule is CCCC[C@H]1C(=O)N(C)[C@@H](CCCC)C(=O)N[C@@H](CC(C)C)C(=O)N[C@H](C(=O)NCC(N)=O)CSCC(=O)N[C@@H](Cc2ccc(O)cc2)C(=O)N(C)[C@@H](C)C(=O)N[C@@H](CC(N)=O)C(=O)N2CCC[C@H]2C(=O)N[C@@H](CNC(=O)OC(C)(C)C)C(=O)N[C@@H](CC(C)C)C(=O)C2C[C@H](O)C[C@H]2C(=O)N[C@@H](Cc2c[nH]c3ccccc23)C(=O)N[C@@H](CCNC(=O)OC(C)(C)C)C(=O)N[C@@H](Cc2cn(CC(=O)OC)c3ccccc23)C(=O)N1C. The summed E-state index contributed by atoms with van der Waals surface area (Å²) in [6.45, 7) is 19.0. The molecule has 4 heterocycles. The van der Waals surface area contributed by atoms with Crippen LogP contribution < -0.4 is 75.3 Å². The van der Waals surface area contributed by atoms with Crippen molar-refractivity contribution in [3.05, 3.63) is 102 Å². The number of aliphatic hydroxyl groups is 1. The number of likely N-dealkylation sites (N-methyl/N-ethyl adjacent to an activating group) is 3. The number of nitrogens with zero attached hydrogens (tertiary/aromatic N) is 5. The summed E-state index contributed by atoms with van der Waals surface area (Å²) < 4.78 is 17.7. The van der Waals surface area contributed by atoms with Crippen LogP contribution in [0.2, 0.25) is 0 Å². The van der Waals surface area contributed by atoms with Crippen molar-refractivity contribution in [1.82, 2.24) is 93.0 Å². The zero-order valence-electron chi connectivity index (χ0n) is 88.0. The number of unbranched alkanes of at least 4 members (excludes halogenated alkanes) is 2. The van der Waals surface area contributed by atoms with Gasteiger partial charge in [-0.05, 0) is 159 Å². The second-order valence-electron chi connectivity index (χ2n) is 41.1. The Kier molecular flexibility index (Phi) is 45.1. The van der Waals surface area contributed by atoms with Crippen molar-refractivity contribution >= 4 is 152 Å². The van der Waals surface area contributed by atoms with E-state index in [0.29, 0.717) is 57.8 Å². The smallest absolute Gasteiger partial charge is 0.407 e. The molecular weight excluding hydrogens is 1950 g/mol. The molecule has 818 valence electrons. The lowest BCUT2D eigenvalue weighted by Crippen LogP contribution is -2.61. The van der Waals surface area contributed by atoms with Gasteiger partial charge in [-0.1, -0.05) is 116 Å². The third-order valence-electron chi connectivity index (χ3n) is 26.0. The zero-order valence-corrected chi connectivity index (χ0v) is 88.8. The zero-order chi connectivity index (χ0) is 110. The summed E-state index contributed by atoms with van der Waals surface area (Å²) in [5, 5.41) is 55.0. The van der Waals surface area contributed by atoms with Crippen molar-refractivity contribution in [1.29, 1.82) is 0 Å². The molecule has 3 aromatic carbocycles. The standard InChI is InChI=1S/C103H150N20O25S/c1-18-20-30-79-94(138)114-71(42-57(5)6)91(135)118-77(89(133)108-51-83(105)127)54-149-55-84(128)110-73(43-59-34-36-62(124)37-35-59)96(140)119(14)58(7)87(131)115-75(48-82(104)126)98(142)123-40-26-33-80(123)95(139)117-76(50-109-101(145)148-103(11,12)13)93(137)112-70(41-56(3)4)86(130)66-46-63(125)47-67(66)88(132)113-72(44-60-49-107-68-29-24-22-27-64(60)68)92(136)111-69(38-39-106-100(144)147-102(8,9)10)90(134)116-74(97(141)121(16)81(31-21-19-2)99(143)120(79)15)45-61-52-122(53-85(129)146-17)78-32-25-23-28-65(61)78/h22-25,27-29,32,34-37,49,52,56-58,63,66-67,69-77,79-81,107,124-125H,18-21,26,30-31,33,38-48,50-51,53-55H2,1-17H3,(H2,104,126)(H2,105,127)(H,106,144)(H,108,133)(H,109,145)(H,110,128)(H,111,136)(H,112,137)(H,113,132)(H,114,138)(H,115,131)(H,116,134)(H,117,139)(H,118,135)/t58-,63-,66?,67+,69-,70-,71-,72-,73-,74-,75-,76-,77-,79-,80-,81-/m0/s1. The van der Waals surface area contributed by atoms with Gasteiger partial charge in [0.1, 0.15) is 96.0 Å². The summed E-state index contributed by atoms with van der Waals surface area (Å²) in [5.41, 5.74) is 11.4. The van der Waals surface area contributed by atoms with Gasteiger partial charge in [0.25, 0.3) is 0 Å². The van der Waals surface area contributed by atoms with E-state index >= 15 is 52.7 Å². The van der Waals surface area contributed by atoms with Crippen LogP contribution in [0.15, 0.2) is 85.2 Å². The average molecular weight is 2100 g/mol. The minimum Gasteiger partial charge on any atom is -0.508 e. The Morgan fingerprint density at radius 3 is 1.70 bits per heavy atom. The van der Waals surface area contributed by atoms with E-state index in [2.05, 4.69) is 68.8 Å². The normalized spacial score (nSPS) is 24.2. The van der Waals surface area contributed by atoms with E-state index in [0.717, 1.165) is 31.4 Å². The topological polar surface area (TPSA) is 640 Å². The largest absolute Gasteiger partial charge is 0.508 e. The number of aromatic amines is 1. The lowest BCUT2D eigenvalue weighted by atomic mass is 9.84. The molecule has 45 nitrogen and oxygen atoms in total. The van der Waals surface area contributed by atoms with Crippen LogP contribution in [-0.2, 0) is 126 Å². The second kappa shape index (κ2) is 55.9. The number of Topliss-reactive ketones (excluding diaryl/α,β-unsaturated/α-hetero) is 1. The molecule has 0 spiro atoms. The van der Waals surface area contributed by atoms with Gasteiger partial charge in [0.15, 0.2) is 5.78 Å². The molecule has 3 fully saturated rings. The number of hydrogen-bond donors (Lipinski definition) is 17. The second-order valence-corrected chi connectivity index (χ2v) is 42.2. The monoisotopic (exact) mass is 2100 g/mol. The number of ketones is 1. The fraction of sp³-hybridized carbons (Fsp3) is 0.592. The number of hydrogen-bond acceptors (Lipinski definition) is 26. The summed E-state index contributed by atoms with van der Waals surface area (Å²) in [6.07, 6.45) is -2.08. The van der Waals surface area contributed by atoms with Gasteiger partial charge in [0.2, 0.25) is 94.5 Å². The Hall–Kier alpha value is -14.0. The Labute approximate surface area is 871 Å². The highest BCUT2D eigenvalue weighted by Crippen LogP contribution is 2.36. The van der Waals surface area contributed by atoms with Gasteiger partial charge in [-0.3, -0.25) is 86.3 Å². The van der Waals surface area contributed by atoms with Crippen LogP contribution in [0.3, 0.4) is 0 Å². The van der Waals surface area contributed by atoms with Crippen molar-refractivity contribution in [3.8, 4) is 5.75 Å². The van der Waals surface area contributed by atoms with Gasteiger partial charge in [-0.25, -0.2) is 9.59 Å². The number of rotatable bonds is 28. The summed E-state index contributed by atoms with van der Waals surface area (Å²) in [4.78, 5) is 303. The maximum atomic E-state index is 16.3. The number of amides is 18. The van der Waals surface area contributed by atoms with Crippen molar-refractivity contribution in [2.45, 2.75) is 302 Å². The van der Waals surface area contributed by atoms with E-state index in [1.54, 1.807) is 135 Å². The third kappa shape index (κ3) is 35.9. The predicted molar refractivity (Wildman–Crippen MR) is 551 cm³/mol. The van der Waals surface area contributed by atoms with E-state index < -0.39 is 282 Å². The highest BCUT2D eigenvalue weighted by atomic mass is 32.2. The molecule has 5 aromatic rings. The highest BCUT2D eigenvalue weighted by Gasteiger charge is 2.49. The fourth-order valence-electron chi connectivity index (χ4n) is 18.2. The lowest BCUT2D eigenvalue weighted by Gasteiger charge is -2.36. The number of phenolic OH excluding ortho intramolecular Hbond substituents is 1. The van der Waals surface area contributed by atoms with Crippen LogP contribution >= 0.6 is 11.8 Å². The summed E-state index contributed by atoms with van der Waals surface area (Å²) in [6, 6.07) is -1.55. The van der Waals surface area contributed by atoms with Crippen LogP contribution in [0.5, 0.6) is 5.75 Å². The summed E-state index contributed by atoms with van der Waals surface area (Å²) >= 11 is 0.772. The number of H-pyrrole nitrogens is 1. The Morgan fingerprint density at radius 1 is 0.537 bits per heavy atom. The first kappa shape index (κ1) is 120. The number of methoxy groups -OCH3 is 1. The van der Waals surface area contributed by atoms with Gasteiger partial charge in [-0.2, -0.15) is 0 Å². The lowest BCUT2D eigenvalue weighted by molar-refractivity contribution is -0.149. The maximum Gasteiger partial charge on any atom is 0.407 e. The van der Waals surface area contributed by atoms with Crippen LogP contribution in [0.4, 0.5) is 9.59 Å². The molecule has 0 radical (unpaired) electrons. The summed E-state index contributed by atoms with van der Waals surface area (Å²) in [5.74, 6) is -21.9. The van der Waals surface area contributed by atoms with Crippen molar-refractivity contribution < 1.29 is 120 Å². The van der Waals surface area contributed by atoms with E-state index in [9.17, 15) is 53.4 Å². The van der Waals surface area contributed by atoms with E-state index in [-0.39, 0.29) is 95.4 Å². The predicted octanol–water partition coefficient (Wildman–Crippen LogP) is 1.98. The van der Waals surface area contributed by atoms with Crippen molar-refractivity contribution in [3.63, 3.8) is 0 Å². The quantitative estimate of drug-likeness (QED) is 0.0251. The molecule has 149 heavy (non-hydrogen) atoms. The average Bonchev–Trinajstić information content (AvgIpc) is 1.65. The molecule has 2 aliphatic heterocycles. The third-order valence-corrected chi connectivity index (χ3v) is 27.0. The molecule has 2 saturated heterocycles. The number of carbonyl (C=O) groups is 20. The van der Waals surface area contributed by atoms with Gasteiger partial charge in [-0.15, -0.1) is 11.8 Å². The van der Waals surface area contributed by atoms with Crippen LogP contribution in [0.1, 0.15) is 197 Å². The number of para-hydroxylation sites is 2. The molecule has 3 aliphatic rings. The number of alkyl carbamates (subject to hydrolysis) is 2. The molecule has 1 saturated carbocycles. The minimum absolute atomic E-state index is 0.0220. The molecule has 0 bridgehead atoms. The number of esters is 1. The number of fused-ring (bicyclic) bond motifs is 4. The molecule has 1 unspecified atom stereocenters. The first-order valence-corrected chi connectivity index (χ1v) is 51.7. The number of benzene rings is 3. The molecule has 18 amide bonds. The van der Waals surface area contributed by atoms with E-state index in [4.69, 9.17) is 25.7 Å². The summed E-state index contributed by atoms with van der Waals surface area (Å²) in [7, 11) is 5.09. The molecular formula is C103H150N20O25S. The first-order valence-electron chi connectivity index (χ1n) is 50.6. The van der Waals surface area contributed by atoms with Crippen LogP contribution in [-0.4, -0.2) is 320 Å².